The third kappa shape index (κ3) is 2.44. The summed E-state index contributed by atoms with van der Waals surface area (Å²) in [6.07, 6.45) is 0.579. The second kappa shape index (κ2) is 3.94. The summed E-state index contributed by atoms with van der Waals surface area (Å²) >= 11 is 0. The van der Waals surface area contributed by atoms with Crippen molar-refractivity contribution in [2.45, 2.75) is 20.3 Å². The van der Waals surface area contributed by atoms with Crippen molar-refractivity contribution in [3.63, 3.8) is 0 Å². The van der Waals surface area contributed by atoms with Gasteiger partial charge in [-0.3, -0.25) is 0 Å². The molecule has 0 spiro atoms. The lowest BCUT2D eigenvalue weighted by atomic mass is 10.1. The summed E-state index contributed by atoms with van der Waals surface area (Å²) < 4.78 is 22.5. The van der Waals surface area contributed by atoms with E-state index in [2.05, 4.69) is 12.2 Å². The van der Waals surface area contributed by atoms with E-state index >= 15 is 0 Å². The lowest BCUT2D eigenvalue weighted by molar-refractivity contribution is 0.606. The average Bonchev–Trinajstić information content (AvgIpc) is 2.52. The Hall–Kier alpha value is -1.29. The van der Waals surface area contributed by atoms with E-state index in [0.29, 0.717) is 6.42 Å². The largest absolute Gasteiger partial charge is 0.358 e. The SMILES string of the molecule is Cc1ccc(NC2=CS(=O)(=O)CC2)cc1C. The smallest absolute Gasteiger partial charge is 0.173 e. The van der Waals surface area contributed by atoms with Crippen molar-refractivity contribution in [3.8, 4) is 0 Å². The number of nitrogens with one attached hydrogen (secondary N) is 1. The fourth-order valence-corrected chi connectivity index (χ4v) is 2.92. The summed E-state index contributed by atoms with van der Waals surface area (Å²) in [5, 5.41) is 4.48. The quantitative estimate of drug-likeness (QED) is 0.859. The molecule has 0 radical (unpaired) electrons. The van der Waals surface area contributed by atoms with E-state index in [1.807, 2.05) is 25.1 Å². The number of hydrogen-bond donors (Lipinski definition) is 1. The molecular formula is C12H15NO2S. The molecule has 86 valence electrons. The van der Waals surface area contributed by atoms with Crippen molar-refractivity contribution >= 4 is 15.5 Å². The van der Waals surface area contributed by atoms with Crippen LogP contribution in [0.4, 0.5) is 5.69 Å². The fourth-order valence-electron chi connectivity index (χ4n) is 1.68. The van der Waals surface area contributed by atoms with E-state index in [-0.39, 0.29) is 5.75 Å². The minimum atomic E-state index is -2.96. The Morgan fingerprint density at radius 2 is 1.94 bits per heavy atom. The molecule has 4 heteroatoms. The number of aryl methyl sites for hydroxylation is 2. The van der Waals surface area contributed by atoms with Crippen molar-refractivity contribution in [1.82, 2.24) is 0 Å². The average molecular weight is 237 g/mol. The Labute approximate surface area is 96.1 Å². The van der Waals surface area contributed by atoms with Crippen LogP contribution in [0.2, 0.25) is 0 Å². The molecule has 0 amide bonds. The minimum Gasteiger partial charge on any atom is -0.358 e. The third-order valence-corrected chi connectivity index (χ3v) is 4.21. The van der Waals surface area contributed by atoms with Gasteiger partial charge in [-0.05, 0) is 37.1 Å². The zero-order valence-corrected chi connectivity index (χ0v) is 10.3. The molecule has 1 heterocycles. The van der Waals surface area contributed by atoms with Crippen LogP contribution in [0.3, 0.4) is 0 Å². The molecule has 0 fully saturated rings. The van der Waals surface area contributed by atoms with Crippen LogP contribution >= 0.6 is 0 Å². The second-order valence-electron chi connectivity index (χ2n) is 4.18. The predicted octanol–water partition coefficient (Wildman–Crippen LogP) is 2.38. The van der Waals surface area contributed by atoms with E-state index < -0.39 is 9.84 Å². The molecule has 1 aromatic carbocycles. The van der Waals surface area contributed by atoms with Crippen LogP contribution in [0.1, 0.15) is 17.5 Å². The first-order valence-electron chi connectivity index (χ1n) is 5.24. The van der Waals surface area contributed by atoms with Crippen LogP contribution in [-0.4, -0.2) is 14.2 Å². The number of sulfone groups is 1. The zero-order chi connectivity index (χ0) is 11.8. The van der Waals surface area contributed by atoms with Gasteiger partial charge in [0.25, 0.3) is 0 Å². The third-order valence-electron chi connectivity index (χ3n) is 2.79. The summed E-state index contributed by atoms with van der Waals surface area (Å²) in [5.41, 5.74) is 4.17. The van der Waals surface area contributed by atoms with Crippen LogP contribution in [-0.2, 0) is 9.84 Å². The Morgan fingerprint density at radius 3 is 2.50 bits per heavy atom. The van der Waals surface area contributed by atoms with Gasteiger partial charge in [-0.2, -0.15) is 0 Å². The number of allylic oxidation sites excluding steroid dienone is 1. The highest BCUT2D eigenvalue weighted by atomic mass is 32.2. The molecule has 1 aromatic rings. The van der Waals surface area contributed by atoms with Crippen LogP contribution in [0.15, 0.2) is 29.3 Å². The maximum atomic E-state index is 11.2. The Kier molecular flexibility index (Phi) is 2.76. The summed E-state index contributed by atoms with van der Waals surface area (Å²) in [6, 6.07) is 6.02. The van der Waals surface area contributed by atoms with Crippen molar-refractivity contribution in [3.05, 3.63) is 40.4 Å². The van der Waals surface area contributed by atoms with E-state index in [1.165, 1.54) is 16.5 Å². The highest BCUT2D eigenvalue weighted by Crippen LogP contribution is 2.21. The van der Waals surface area contributed by atoms with Crippen molar-refractivity contribution in [1.29, 1.82) is 0 Å². The minimum absolute atomic E-state index is 0.222. The lowest BCUT2D eigenvalue weighted by Crippen LogP contribution is -1.97. The molecule has 0 aliphatic carbocycles. The first-order valence-corrected chi connectivity index (χ1v) is 6.95. The Bertz CT molecular complexity index is 544. The van der Waals surface area contributed by atoms with Gasteiger partial charge in [-0.15, -0.1) is 0 Å². The topological polar surface area (TPSA) is 46.2 Å². The van der Waals surface area contributed by atoms with Gasteiger partial charge < -0.3 is 5.32 Å². The summed E-state index contributed by atoms with van der Waals surface area (Å²) in [5.74, 6) is 0.222. The number of rotatable bonds is 2. The molecule has 3 nitrogen and oxygen atoms in total. The Morgan fingerprint density at radius 1 is 1.19 bits per heavy atom. The number of hydrogen-bond acceptors (Lipinski definition) is 3. The van der Waals surface area contributed by atoms with E-state index in [0.717, 1.165) is 11.4 Å². The molecule has 0 aromatic heterocycles. The van der Waals surface area contributed by atoms with Crippen LogP contribution in [0, 0.1) is 13.8 Å². The van der Waals surface area contributed by atoms with Crippen molar-refractivity contribution in [2.75, 3.05) is 11.1 Å². The van der Waals surface area contributed by atoms with Crippen molar-refractivity contribution < 1.29 is 8.42 Å². The molecule has 0 unspecified atom stereocenters. The second-order valence-corrected chi connectivity index (χ2v) is 6.15. The van der Waals surface area contributed by atoms with Crippen LogP contribution < -0.4 is 5.32 Å². The number of benzene rings is 1. The molecule has 0 atom stereocenters. The van der Waals surface area contributed by atoms with E-state index in [1.54, 1.807) is 0 Å². The number of anilines is 1. The molecule has 16 heavy (non-hydrogen) atoms. The monoisotopic (exact) mass is 237 g/mol. The van der Waals surface area contributed by atoms with Gasteiger partial charge in [0.15, 0.2) is 9.84 Å². The molecule has 0 saturated carbocycles. The van der Waals surface area contributed by atoms with Gasteiger partial charge in [0.2, 0.25) is 0 Å². The van der Waals surface area contributed by atoms with Crippen LogP contribution in [0.25, 0.3) is 0 Å². The lowest BCUT2D eigenvalue weighted by Gasteiger charge is -2.08. The van der Waals surface area contributed by atoms with Gasteiger partial charge in [-0.25, -0.2) is 8.42 Å². The van der Waals surface area contributed by atoms with Crippen molar-refractivity contribution in [2.24, 2.45) is 0 Å². The summed E-state index contributed by atoms with van der Waals surface area (Å²) in [7, 11) is -2.96. The molecular weight excluding hydrogens is 222 g/mol. The summed E-state index contributed by atoms with van der Waals surface area (Å²) in [6.45, 7) is 4.10. The van der Waals surface area contributed by atoms with Gasteiger partial charge in [-0.1, -0.05) is 6.07 Å². The van der Waals surface area contributed by atoms with Gasteiger partial charge >= 0.3 is 0 Å². The molecule has 2 rings (SSSR count). The zero-order valence-electron chi connectivity index (χ0n) is 9.45. The Balaban J connectivity index is 2.20. The van der Waals surface area contributed by atoms with Gasteiger partial charge in [0.05, 0.1) is 5.75 Å². The first-order chi connectivity index (χ1) is 7.46. The van der Waals surface area contributed by atoms with Crippen LogP contribution in [0.5, 0.6) is 0 Å². The van der Waals surface area contributed by atoms with Gasteiger partial charge in [0, 0.05) is 23.2 Å². The molecule has 1 N–H and O–H groups in total. The molecule has 1 aliphatic rings. The highest BCUT2D eigenvalue weighted by molar-refractivity contribution is 7.94. The normalized spacial score (nSPS) is 18.2. The predicted molar refractivity (Wildman–Crippen MR) is 66.0 cm³/mol. The highest BCUT2D eigenvalue weighted by Gasteiger charge is 2.18. The maximum Gasteiger partial charge on any atom is 0.173 e. The maximum absolute atomic E-state index is 11.2. The first kappa shape index (κ1) is 11.2. The van der Waals surface area contributed by atoms with Gasteiger partial charge in [0.1, 0.15) is 0 Å². The summed E-state index contributed by atoms with van der Waals surface area (Å²) in [4.78, 5) is 0. The standard InChI is InChI=1S/C12H15NO2S/c1-9-3-4-11(7-10(9)2)13-12-5-6-16(14,15)8-12/h3-4,7-8,13H,5-6H2,1-2H3. The van der Waals surface area contributed by atoms with E-state index in [4.69, 9.17) is 0 Å². The fraction of sp³-hybridized carbons (Fsp3) is 0.333. The molecule has 1 aliphatic heterocycles. The van der Waals surface area contributed by atoms with E-state index in [9.17, 15) is 8.42 Å². The molecule has 0 saturated heterocycles. The molecule has 0 bridgehead atoms.